The van der Waals surface area contributed by atoms with E-state index in [0.717, 1.165) is 33.5 Å². The van der Waals surface area contributed by atoms with Gasteiger partial charge in [-0.25, -0.2) is 0 Å². The van der Waals surface area contributed by atoms with E-state index in [1.165, 1.54) is 0 Å². The van der Waals surface area contributed by atoms with E-state index >= 15 is 0 Å². The Morgan fingerprint density at radius 2 is 1.95 bits per heavy atom. The second-order valence-electron chi connectivity index (χ2n) is 4.47. The van der Waals surface area contributed by atoms with Crippen LogP contribution in [0.4, 0.5) is 5.69 Å². The Labute approximate surface area is 127 Å². The summed E-state index contributed by atoms with van der Waals surface area (Å²) in [7, 11) is 1.65. The van der Waals surface area contributed by atoms with Gasteiger partial charge in [-0.3, -0.25) is 0 Å². The summed E-state index contributed by atoms with van der Waals surface area (Å²) in [6, 6.07) is 13.8. The van der Waals surface area contributed by atoms with Crippen LogP contribution < -0.4 is 10.5 Å². The van der Waals surface area contributed by atoms with E-state index in [1.807, 2.05) is 42.5 Å². The van der Waals surface area contributed by atoms with E-state index in [2.05, 4.69) is 15.9 Å². The molecule has 0 spiro atoms. The largest absolute Gasteiger partial charge is 0.496 e. The zero-order valence-electron chi connectivity index (χ0n) is 11.4. The Morgan fingerprint density at radius 3 is 2.65 bits per heavy atom. The maximum absolute atomic E-state index is 5.89. The number of benzene rings is 2. The quantitative estimate of drug-likeness (QED) is 0.645. The van der Waals surface area contributed by atoms with Crippen molar-refractivity contribution in [2.24, 2.45) is 0 Å². The maximum Gasteiger partial charge on any atom is 0.133 e. The topological polar surface area (TPSA) is 44.5 Å². The van der Waals surface area contributed by atoms with Crippen molar-refractivity contribution in [3.05, 3.63) is 58.1 Å². The summed E-state index contributed by atoms with van der Waals surface area (Å²) in [5.74, 6) is 0.825. The number of nitrogen functional groups attached to an aromatic ring is 1. The predicted octanol–water partition coefficient (Wildman–Crippen LogP) is 3.80. The van der Waals surface area contributed by atoms with Crippen LogP contribution in [0.1, 0.15) is 11.1 Å². The molecule has 0 radical (unpaired) electrons. The molecule has 0 atom stereocenters. The molecule has 106 valence electrons. The van der Waals surface area contributed by atoms with Gasteiger partial charge in [-0.2, -0.15) is 0 Å². The zero-order valence-corrected chi connectivity index (χ0v) is 13.0. The number of ether oxygens (including phenoxy) is 2. The van der Waals surface area contributed by atoms with Gasteiger partial charge in [0.1, 0.15) is 5.75 Å². The summed E-state index contributed by atoms with van der Waals surface area (Å²) in [4.78, 5) is 0. The molecule has 0 saturated carbocycles. The standard InChI is InChI=1S/C16H18BrNO2/c1-19-16-7-6-12(10-14(16)17)11-20-9-8-13-4-2-3-5-15(13)18/h2-7,10H,8-9,11,18H2,1H3. The highest BCUT2D eigenvalue weighted by molar-refractivity contribution is 9.10. The Hall–Kier alpha value is -1.52. The third-order valence-electron chi connectivity index (χ3n) is 3.06. The highest BCUT2D eigenvalue weighted by Crippen LogP contribution is 2.25. The highest BCUT2D eigenvalue weighted by atomic mass is 79.9. The van der Waals surface area contributed by atoms with Crippen molar-refractivity contribution in [3.63, 3.8) is 0 Å². The van der Waals surface area contributed by atoms with Crippen LogP contribution in [0, 0.1) is 0 Å². The summed E-state index contributed by atoms with van der Waals surface area (Å²) in [6.45, 7) is 1.23. The number of para-hydroxylation sites is 1. The molecule has 3 nitrogen and oxygen atoms in total. The average Bonchev–Trinajstić information content (AvgIpc) is 2.45. The first-order valence-corrected chi connectivity index (χ1v) is 7.23. The van der Waals surface area contributed by atoms with Crippen molar-refractivity contribution >= 4 is 21.6 Å². The first-order valence-electron chi connectivity index (χ1n) is 6.44. The predicted molar refractivity (Wildman–Crippen MR) is 84.9 cm³/mol. The lowest BCUT2D eigenvalue weighted by Gasteiger charge is -2.08. The van der Waals surface area contributed by atoms with Gasteiger partial charge in [0.25, 0.3) is 0 Å². The van der Waals surface area contributed by atoms with Crippen molar-refractivity contribution in [3.8, 4) is 5.75 Å². The molecule has 0 unspecified atom stereocenters. The lowest BCUT2D eigenvalue weighted by Crippen LogP contribution is -2.02. The molecule has 0 fully saturated rings. The highest BCUT2D eigenvalue weighted by Gasteiger charge is 2.02. The van der Waals surface area contributed by atoms with Crippen LogP contribution in [0.15, 0.2) is 46.9 Å². The van der Waals surface area contributed by atoms with Gasteiger partial charge in [-0.1, -0.05) is 24.3 Å². The lowest BCUT2D eigenvalue weighted by molar-refractivity contribution is 0.124. The SMILES string of the molecule is COc1ccc(COCCc2ccccc2N)cc1Br. The molecule has 0 bridgehead atoms. The van der Waals surface area contributed by atoms with E-state index in [4.69, 9.17) is 15.2 Å². The summed E-state index contributed by atoms with van der Waals surface area (Å²) < 4.78 is 11.8. The molecular weight excluding hydrogens is 318 g/mol. The van der Waals surface area contributed by atoms with E-state index in [-0.39, 0.29) is 0 Å². The normalized spacial score (nSPS) is 10.5. The summed E-state index contributed by atoms with van der Waals surface area (Å²) >= 11 is 3.47. The molecule has 2 rings (SSSR count). The molecule has 0 aliphatic rings. The molecule has 0 amide bonds. The van der Waals surface area contributed by atoms with Crippen molar-refractivity contribution in [1.29, 1.82) is 0 Å². The van der Waals surface area contributed by atoms with Crippen LogP contribution in [0.2, 0.25) is 0 Å². The number of anilines is 1. The van der Waals surface area contributed by atoms with Crippen molar-refractivity contribution in [2.45, 2.75) is 13.0 Å². The second kappa shape index (κ2) is 7.31. The first-order chi connectivity index (χ1) is 9.70. The number of hydrogen-bond donors (Lipinski definition) is 1. The lowest BCUT2D eigenvalue weighted by atomic mass is 10.1. The van der Waals surface area contributed by atoms with Crippen LogP contribution >= 0.6 is 15.9 Å². The van der Waals surface area contributed by atoms with Gasteiger partial charge in [0.15, 0.2) is 0 Å². The third-order valence-corrected chi connectivity index (χ3v) is 3.68. The monoisotopic (exact) mass is 335 g/mol. The summed E-state index contributed by atoms with van der Waals surface area (Å²) in [6.07, 6.45) is 0.823. The number of methoxy groups -OCH3 is 1. The van der Waals surface area contributed by atoms with Gasteiger partial charge in [0, 0.05) is 5.69 Å². The van der Waals surface area contributed by atoms with E-state index in [9.17, 15) is 0 Å². The van der Waals surface area contributed by atoms with Crippen molar-refractivity contribution in [1.82, 2.24) is 0 Å². The van der Waals surface area contributed by atoms with Gasteiger partial charge in [-0.05, 0) is 51.7 Å². The molecule has 0 saturated heterocycles. The molecule has 0 aliphatic heterocycles. The molecule has 0 aliphatic carbocycles. The van der Waals surface area contributed by atoms with Crippen LogP contribution in [-0.2, 0) is 17.8 Å². The third kappa shape index (κ3) is 3.99. The van der Waals surface area contributed by atoms with Crippen molar-refractivity contribution in [2.75, 3.05) is 19.5 Å². The van der Waals surface area contributed by atoms with Crippen LogP contribution in [-0.4, -0.2) is 13.7 Å². The molecule has 2 aromatic carbocycles. The molecule has 4 heteroatoms. The van der Waals surface area contributed by atoms with Gasteiger partial charge in [0.05, 0.1) is 24.8 Å². The Balaban J connectivity index is 1.82. The number of hydrogen-bond acceptors (Lipinski definition) is 3. The smallest absolute Gasteiger partial charge is 0.133 e. The molecule has 20 heavy (non-hydrogen) atoms. The van der Waals surface area contributed by atoms with E-state index in [0.29, 0.717) is 13.2 Å². The van der Waals surface area contributed by atoms with Gasteiger partial charge in [0.2, 0.25) is 0 Å². The molecule has 0 heterocycles. The fourth-order valence-corrected chi connectivity index (χ4v) is 2.52. The molecular formula is C16H18BrNO2. The van der Waals surface area contributed by atoms with Crippen LogP contribution in [0.25, 0.3) is 0 Å². The second-order valence-corrected chi connectivity index (χ2v) is 5.32. The number of halogens is 1. The van der Waals surface area contributed by atoms with Gasteiger partial charge >= 0.3 is 0 Å². The van der Waals surface area contributed by atoms with Gasteiger partial charge in [-0.15, -0.1) is 0 Å². The number of rotatable bonds is 6. The molecule has 0 aromatic heterocycles. The van der Waals surface area contributed by atoms with Crippen LogP contribution in [0.3, 0.4) is 0 Å². The summed E-state index contributed by atoms with van der Waals surface area (Å²) in [5, 5.41) is 0. The van der Waals surface area contributed by atoms with Gasteiger partial charge < -0.3 is 15.2 Å². The Bertz CT molecular complexity index is 572. The maximum atomic E-state index is 5.89. The Morgan fingerprint density at radius 1 is 1.15 bits per heavy atom. The fraction of sp³-hybridized carbons (Fsp3) is 0.250. The molecule has 2 N–H and O–H groups in total. The number of nitrogens with two attached hydrogens (primary N) is 1. The van der Waals surface area contributed by atoms with Crippen LogP contribution in [0.5, 0.6) is 5.75 Å². The average molecular weight is 336 g/mol. The fourth-order valence-electron chi connectivity index (χ4n) is 1.93. The minimum Gasteiger partial charge on any atom is -0.496 e. The van der Waals surface area contributed by atoms with E-state index in [1.54, 1.807) is 7.11 Å². The minimum atomic E-state index is 0.579. The van der Waals surface area contributed by atoms with E-state index < -0.39 is 0 Å². The summed E-state index contributed by atoms with van der Waals surface area (Å²) in [5.41, 5.74) is 8.95. The van der Waals surface area contributed by atoms with Crippen molar-refractivity contribution < 1.29 is 9.47 Å². The Kier molecular flexibility index (Phi) is 5.44. The molecule has 2 aromatic rings. The zero-order chi connectivity index (χ0) is 14.4. The first kappa shape index (κ1) is 14.9. The minimum absolute atomic E-state index is 0.579.